The molecule has 0 saturated heterocycles. The number of hydrogen-bond acceptors (Lipinski definition) is 4. The first-order chi connectivity index (χ1) is 12.1. The van der Waals surface area contributed by atoms with Crippen LogP contribution in [0.25, 0.3) is 0 Å². The van der Waals surface area contributed by atoms with Crippen LogP contribution in [0.4, 0.5) is 5.69 Å². The summed E-state index contributed by atoms with van der Waals surface area (Å²) >= 11 is 0. The Bertz CT molecular complexity index is 744. The summed E-state index contributed by atoms with van der Waals surface area (Å²) in [6.07, 6.45) is 0.198. The van der Waals surface area contributed by atoms with Crippen molar-refractivity contribution >= 4 is 23.5 Å². The van der Waals surface area contributed by atoms with Crippen LogP contribution in [0.2, 0.25) is 0 Å². The second-order valence-corrected chi connectivity index (χ2v) is 5.29. The number of anilines is 1. The van der Waals surface area contributed by atoms with Crippen LogP contribution in [0.15, 0.2) is 54.6 Å². The molecule has 2 rings (SSSR count). The maximum atomic E-state index is 12.2. The van der Waals surface area contributed by atoms with Crippen LogP contribution in [-0.2, 0) is 20.7 Å². The van der Waals surface area contributed by atoms with Crippen molar-refractivity contribution < 1.29 is 19.1 Å². The third-order valence-electron chi connectivity index (χ3n) is 3.34. The lowest BCUT2D eigenvalue weighted by Gasteiger charge is -2.11. The molecule has 0 atom stereocenters. The van der Waals surface area contributed by atoms with Gasteiger partial charge >= 0.3 is 5.97 Å². The lowest BCUT2D eigenvalue weighted by molar-refractivity contribution is -0.124. The smallest absolute Gasteiger partial charge is 0.340 e. The summed E-state index contributed by atoms with van der Waals surface area (Å²) in [6.45, 7) is 1.87. The topological polar surface area (TPSA) is 84.5 Å². The molecular formula is C19H20N2O4. The molecule has 2 amide bonds. The van der Waals surface area contributed by atoms with Crippen LogP contribution >= 0.6 is 0 Å². The summed E-state index contributed by atoms with van der Waals surface area (Å²) < 4.78 is 4.98. The average Bonchev–Trinajstić information content (AvgIpc) is 2.61. The number of nitrogens with one attached hydrogen (secondary N) is 2. The fourth-order valence-electron chi connectivity index (χ4n) is 2.20. The maximum Gasteiger partial charge on any atom is 0.340 e. The molecule has 0 saturated carbocycles. The molecule has 0 heterocycles. The number of ether oxygens (including phenoxy) is 1. The third-order valence-corrected chi connectivity index (χ3v) is 3.34. The van der Waals surface area contributed by atoms with Crippen molar-refractivity contribution in [3.05, 3.63) is 65.7 Å². The molecule has 6 nitrogen and oxygen atoms in total. The second kappa shape index (κ2) is 9.22. The van der Waals surface area contributed by atoms with Crippen molar-refractivity contribution in [3.63, 3.8) is 0 Å². The van der Waals surface area contributed by atoms with Gasteiger partial charge in [-0.1, -0.05) is 42.5 Å². The van der Waals surface area contributed by atoms with Crippen molar-refractivity contribution in [2.75, 3.05) is 18.5 Å². The Morgan fingerprint density at radius 1 is 0.920 bits per heavy atom. The summed E-state index contributed by atoms with van der Waals surface area (Å²) in [5.74, 6) is -1.28. The zero-order chi connectivity index (χ0) is 18.1. The molecule has 0 unspecified atom stereocenters. The standard InChI is InChI=1S/C19H20N2O4/c1-2-20-18(23)13-25-19(24)15-10-6-7-11-16(15)21-17(22)12-14-8-4-3-5-9-14/h3-11H,2,12-13H2,1H3,(H,20,23)(H,21,22). The van der Waals surface area contributed by atoms with Gasteiger partial charge < -0.3 is 15.4 Å². The van der Waals surface area contributed by atoms with E-state index in [4.69, 9.17) is 4.74 Å². The number of carbonyl (C=O) groups is 3. The molecule has 0 fully saturated rings. The Morgan fingerprint density at radius 3 is 2.32 bits per heavy atom. The Labute approximate surface area is 146 Å². The van der Waals surface area contributed by atoms with Gasteiger partial charge in [-0.05, 0) is 24.6 Å². The van der Waals surface area contributed by atoms with Gasteiger partial charge in [-0.3, -0.25) is 9.59 Å². The first-order valence-electron chi connectivity index (χ1n) is 7.96. The van der Waals surface area contributed by atoms with Crippen molar-refractivity contribution in [2.45, 2.75) is 13.3 Å². The largest absolute Gasteiger partial charge is 0.452 e. The lowest BCUT2D eigenvalue weighted by atomic mass is 10.1. The van der Waals surface area contributed by atoms with Crippen LogP contribution in [0, 0.1) is 0 Å². The van der Waals surface area contributed by atoms with E-state index in [1.807, 2.05) is 30.3 Å². The predicted octanol–water partition coefficient (Wildman–Crippen LogP) is 2.16. The minimum atomic E-state index is -0.665. The highest BCUT2D eigenvalue weighted by atomic mass is 16.5. The highest BCUT2D eigenvalue weighted by molar-refractivity contribution is 6.02. The van der Waals surface area contributed by atoms with Gasteiger partial charge in [-0.25, -0.2) is 4.79 Å². The summed E-state index contributed by atoms with van der Waals surface area (Å²) in [4.78, 5) is 35.7. The molecule has 2 N–H and O–H groups in total. The zero-order valence-corrected chi connectivity index (χ0v) is 14.0. The Balaban J connectivity index is 2.00. The normalized spacial score (nSPS) is 9.96. The molecule has 25 heavy (non-hydrogen) atoms. The van der Waals surface area contributed by atoms with Crippen LogP contribution in [0.1, 0.15) is 22.8 Å². The third kappa shape index (κ3) is 5.76. The second-order valence-electron chi connectivity index (χ2n) is 5.29. The summed E-state index contributed by atoms with van der Waals surface area (Å²) in [6, 6.07) is 15.8. The van der Waals surface area contributed by atoms with Crippen molar-refractivity contribution in [3.8, 4) is 0 Å². The highest BCUT2D eigenvalue weighted by Crippen LogP contribution is 2.16. The molecule has 2 aromatic rings. The van der Waals surface area contributed by atoms with Gasteiger partial charge in [0.25, 0.3) is 5.91 Å². The first-order valence-corrected chi connectivity index (χ1v) is 7.96. The van der Waals surface area contributed by atoms with Crippen LogP contribution in [0.5, 0.6) is 0 Å². The molecule has 0 aromatic heterocycles. The van der Waals surface area contributed by atoms with Gasteiger partial charge in [-0.15, -0.1) is 0 Å². The van der Waals surface area contributed by atoms with Gasteiger partial charge in [0.15, 0.2) is 6.61 Å². The maximum absolute atomic E-state index is 12.2. The fourth-order valence-corrected chi connectivity index (χ4v) is 2.20. The molecule has 6 heteroatoms. The van der Waals surface area contributed by atoms with E-state index in [-0.39, 0.29) is 30.4 Å². The SMILES string of the molecule is CCNC(=O)COC(=O)c1ccccc1NC(=O)Cc1ccccc1. The molecule has 0 aliphatic carbocycles. The van der Waals surface area contributed by atoms with E-state index in [0.717, 1.165) is 5.56 Å². The van der Waals surface area contributed by atoms with E-state index in [0.29, 0.717) is 12.2 Å². The highest BCUT2D eigenvalue weighted by Gasteiger charge is 2.15. The van der Waals surface area contributed by atoms with Gasteiger partial charge in [0, 0.05) is 6.54 Å². The summed E-state index contributed by atoms with van der Waals surface area (Å²) in [7, 11) is 0. The number of hydrogen-bond donors (Lipinski definition) is 2. The van der Waals surface area contributed by atoms with Gasteiger partial charge in [0.05, 0.1) is 17.7 Å². The van der Waals surface area contributed by atoms with Crippen LogP contribution < -0.4 is 10.6 Å². The van der Waals surface area contributed by atoms with Crippen LogP contribution in [-0.4, -0.2) is 30.9 Å². The molecule has 0 aliphatic rings. The number of rotatable bonds is 7. The van der Waals surface area contributed by atoms with E-state index in [2.05, 4.69) is 10.6 Å². The van der Waals surface area contributed by atoms with Crippen LogP contribution in [0.3, 0.4) is 0 Å². The molecule has 130 valence electrons. The van der Waals surface area contributed by atoms with E-state index < -0.39 is 5.97 Å². The molecule has 0 aliphatic heterocycles. The lowest BCUT2D eigenvalue weighted by Crippen LogP contribution is -2.28. The van der Waals surface area contributed by atoms with Gasteiger partial charge in [0.1, 0.15) is 0 Å². The zero-order valence-electron chi connectivity index (χ0n) is 14.0. The summed E-state index contributed by atoms with van der Waals surface area (Å²) in [5, 5.41) is 5.25. The number of benzene rings is 2. The van der Waals surface area contributed by atoms with E-state index in [1.54, 1.807) is 25.1 Å². The monoisotopic (exact) mass is 340 g/mol. The summed E-state index contributed by atoms with van der Waals surface area (Å²) in [5.41, 5.74) is 1.42. The van der Waals surface area contributed by atoms with Crippen molar-refractivity contribution in [1.82, 2.24) is 5.32 Å². The predicted molar refractivity (Wildman–Crippen MR) is 94.2 cm³/mol. The van der Waals surface area contributed by atoms with E-state index >= 15 is 0 Å². The van der Waals surface area contributed by atoms with Gasteiger partial charge in [-0.2, -0.15) is 0 Å². The number of likely N-dealkylation sites (N-methyl/N-ethyl adjacent to an activating group) is 1. The van der Waals surface area contributed by atoms with Gasteiger partial charge in [0.2, 0.25) is 5.91 Å². The first kappa shape index (κ1) is 18.2. The van der Waals surface area contributed by atoms with Crippen molar-refractivity contribution in [1.29, 1.82) is 0 Å². The Hall–Kier alpha value is -3.15. The molecule has 0 spiro atoms. The van der Waals surface area contributed by atoms with E-state index in [9.17, 15) is 14.4 Å². The quantitative estimate of drug-likeness (QED) is 0.757. The molecular weight excluding hydrogens is 320 g/mol. The Morgan fingerprint density at radius 2 is 1.60 bits per heavy atom. The Kier molecular flexibility index (Phi) is 6.71. The molecule has 0 radical (unpaired) electrons. The molecule has 0 bridgehead atoms. The number of amides is 2. The molecule has 2 aromatic carbocycles. The minimum absolute atomic E-state index is 0.198. The number of esters is 1. The minimum Gasteiger partial charge on any atom is -0.452 e. The average molecular weight is 340 g/mol. The number of carbonyl (C=O) groups excluding carboxylic acids is 3. The number of para-hydroxylation sites is 1. The van der Waals surface area contributed by atoms with Crippen molar-refractivity contribution in [2.24, 2.45) is 0 Å². The fraction of sp³-hybridized carbons (Fsp3) is 0.211. The van der Waals surface area contributed by atoms with E-state index in [1.165, 1.54) is 6.07 Å².